The van der Waals surface area contributed by atoms with E-state index in [1.807, 2.05) is 0 Å². The first kappa shape index (κ1) is 12.6. The van der Waals surface area contributed by atoms with Crippen LogP contribution in [0.1, 0.15) is 39.2 Å². The number of nitrogens with one attached hydrogen (secondary N) is 1. The fraction of sp³-hybridized carbons (Fsp3) is 0.625. The first-order valence-corrected chi connectivity index (χ1v) is 6.95. The Bertz CT molecular complexity index is 344. The quantitative estimate of drug-likeness (QED) is 0.789. The molecule has 2 atom stereocenters. The Morgan fingerprint density at radius 2 is 2.00 bits per heavy atom. The number of hydrogen-bond acceptors (Lipinski definition) is 1. The molecule has 1 fully saturated rings. The van der Waals surface area contributed by atoms with Gasteiger partial charge in [-0.15, -0.1) is 0 Å². The van der Waals surface area contributed by atoms with E-state index in [1.165, 1.54) is 19.4 Å². The zero-order chi connectivity index (χ0) is 12.3. The van der Waals surface area contributed by atoms with E-state index in [1.54, 1.807) is 5.56 Å². The molecule has 1 aromatic rings. The maximum atomic E-state index is 3.51. The Balaban J connectivity index is 2.11. The normalized spacial score (nSPS) is 27.4. The topological polar surface area (TPSA) is 12.0 Å². The molecule has 1 aliphatic rings. The monoisotopic (exact) mass is 231 g/mol. The van der Waals surface area contributed by atoms with Crippen LogP contribution in [0.4, 0.5) is 0 Å². The van der Waals surface area contributed by atoms with Crippen molar-refractivity contribution in [1.82, 2.24) is 5.32 Å². The Labute approximate surface area is 106 Å². The van der Waals surface area contributed by atoms with Gasteiger partial charge in [-0.2, -0.15) is 0 Å². The average molecular weight is 231 g/mol. The van der Waals surface area contributed by atoms with Crippen LogP contribution < -0.4 is 5.32 Å². The minimum atomic E-state index is 0.470. The van der Waals surface area contributed by atoms with Gasteiger partial charge >= 0.3 is 0 Å². The second-order valence-electron chi connectivity index (χ2n) is 5.83. The van der Waals surface area contributed by atoms with Gasteiger partial charge in [0.25, 0.3) is 0 Å². The summed E-state index contributed by atoms with van der Waals surface area (Å²) in [6.07, 6.45) is 2.69. The van der Waals surface area contributed by atoms with E-state index in [0.29, 0.717) is 5.41 Å². The molecule has 0 aromatic heterocycles. The van der Waals surface area contributed by atoms with Crippen molar-refractivity contribution in [1.29, 1.82) is 0 Å². The second kappa shape index (κ2) is 5.22. The van der Waals surface area contributed by atoms with Gasteiger partial charge in [0.1, 0.15) is 0 Å². The van der Waals surface area contributed by atoms with Gasteiger partial charge in [0.2, 0.25) is 0 Å². The van der Waals surface area contributed by atoms with Crippen LogP contribution >= 0.6 is 0 Å². The SMILES string of the molecule is CCNCC1CC1(CC(C)C)c1ccccc1. The van der Waals surface area contributed by atoms with E-state index in [9.17, 15) is 0 Å². The van der Waals surface area contributed by atoms with Gasteiger partial charge in [0.15, 0.2) is 0 Å². The summed E-state index contributed by atoms with van der Waals surface area (Å²) in [5, 5.41) is 3.51. The van der Waals surface area contributed by atoms with Crippen LogP contribution in [0.3, 0.4) is 0 Å². The Kier molecular flexibility index (Phi) is 3.88. The van der Waals surface area contributed by atoms with Gasteiger partial charge in [-0.25, -0.2) is 0 Å². The van der Waals surface area contributed by atoms with Crippen LogP contribution in [0, 0.1) is 11.8 Å². The van der Waals surface area contributed by atoms with Crippen LogP contribution in [0.15, 0.2) is 30.3 Å². The predicted octanol–water partition coefficient (Wildman–Crippen LogP) is 3.60. The lowest BCUT2D eigenvalue weighted by Crippen LogP contribution is -2.22. The van der Waals surface area contributed by atoms with Crippen molar-refractivity contribution in [3.8, 4) is 0 Å². The van der Waals surface area contributed by atoms with E-state index < -0.39 is 0 Å². The molecular formula is C16H25N. The van der Waals surface area contributed by atoms with Gasteiger partial charge in [-0.1, -0.05) is 51.1 Å². The van der Waals surface area contributed by atoms with Crippen LogP contribution in [0.5, 0.6) is 0 Å². The van der Waals surface area contributed by atoms with Gasteiger partial charge in [0.05, 0.1) is 0 Å². The molecule has 2 unspecified atom stereocenters. The lowest BCUT2D eigenvalue weighted by molar-refractivity contribution is 0.446. The Hall–Kier alpha value is -0.820. The zero-order valence-electron chi connectivity index (χ0n) is 11.4. The van der Waals surface area contributed by atoms with Crippen LogP contribution in [0.25, 0.3) is 0 Å². The molecule has 0 bridgehead atoms. The molecule has 1 aromatic carbocycles. The third-order valence-electron chi connectivity index (χ3n) is 3.99. The fourth-order valence-electron chi connectivity index (χ4n) is 3.19. The van der Waals surface area contributed by atoms with Crippen LogP contribution in [-0.4, -0.2) is 13.1 Å². The molecule has 1 heteroatoms. The molecule has 1 N–H and O–H groups in total. The highest BCUT2D eigenvalue weighted by Gasteiger charge is 2.54. The highest BCUT2D eigenvalue weighted by Crippen LogP contribution is 2.57. The molecule has 1 saturated carbocycles. The molecule has 2 rings (SSSR count). The van der Waals surface area contributed by atoms with Gasteiger partial charge in [0, 0.05) is 0 Å². The highest BCUT2D eigenvalue weighted by atomic mass is 14.9. The molecule has 94 valence electrons. The van der Waals surface area contributed by atoms with Crippen LogP contribution in [-0.2, 0) is 5.41 Å². The maximum absolute atomic E-state index is 3.51. The molecule has 17 heavy (non-hydrogen) atoms. The molecule has 0 radical (unpaired) electrons. The lowest BCUT2D eigenvalue weighted by atomic mass is 9.85. The van der Waals surface area contributed by atoms with E-state index in [4.69, 9.17) is 0 Å². The lowest BCUT2D eigenvalue weighted by Gasteiger charge is -2.20. The fourth-order valence-corrected chi connectivity index (χ4v) is 3.19. The predicted molar refractivity (Wildman–Crippen MR) is 74.2 cm³/mol. The summed E-state index contributed by atoms with van der Waals surface area (Å²) >= 11 is 0. The third-order valence-corrected chi connectivity index (χ3v) is 3.99. The Morgan fingerprint density at radius 1 is 1.29 bits per heavy atom. The maximum Gasteiger partial charge on any atom is -0.0000499 e. The number of rotatable bonds is 6. The zero-order valence-corrected chi connectivity index (χ0v) is 11.4. The summed E-state index contributed by atoms with van der Waals surface area (Å²) in [6, 6.07) is 11.1. The van der Waals surface area contributed by atoms with E-state index in [2.05, 4.69) is 56.4 Å². The molecular weight excluding hydrogens is 206 g/mol. The summed E-state index contributed by atoms with van der Waals surface area (Å²) < 4.78 is 0. The van der Waals surface area contributed by atoms with Crippen molar-refractivity contribution in [3.63, 3.8) is 0 Å². The summed E-state index contributed by atoms with van der Waals surface area (Å²) in [5.41, 5.74) is 2.02. The standard InChI is InChI=1S/C16H25N/c1-4-17-12-15-11-16(15,10-13(2)3)14-8-6-5-7-9-14/h5-9,13,15,17H,4,10-12H2,1-3H3. The van der Waals surface area contributed by atoms with Gasteiger partial charge in [-0.3, -0.25) is 0 Å². The number of hydrogen-bond donors (Lipinski definition) is 1. The third kappa shape index (κ3) is 2.71. The Morgan fingerprint density at radius 3 is 2.59 bits per heavy atom. The van der Waals surface area contributed by atoms with E-state index in [0.717, 1.165) is 18.4 Å². The molecule has 1 aliphatic carbocycles. The summed E-state index contributed by atoms with van der Waals surface area (Å²) in [6.45, 7) is 9.14. The van der Waals surface area contributed by atoms with Crippen molar-refractivity contribution in [2.45, 2.75) is 39.0 Å². The first-order valence-electron chi connectivity index (χ1n) is 6.95. The average Bonchev–Trinajstić information content (AvgIpc) is 3.01. The molecule has 0 spiro atoms. The minimum Gasteiger partial charge on any atom is -0.317 e. The van der Waals surface area contributed by atoms with E-state index >= 15 is 0 Å². The van der Waals surface area contributed by atoms with Crippen molar-refractivity contribution >= 4 is 0 Å². The molecule has 0 heterocycles. The van der Waals surface area contributed by atoms with Gasteiger partial charge in [-0.05, 0) is 48.7 Å². The van der Waals surface area contributed by atoms with Crippen molar-refractivity contribution < 1.29 is 0 Å². The van der Waals surface area contributed by atoms with Gasteiger partial charge < -0.3 is 5.32 Å². The molecule has 0 amide bonds. The van der Waals surface area contributed by atoms with Crippen molar-refractivity contribution in [2.75, 3.05) is 13.1 Å². The smallest absolute Gasteiger partial charge is 0.0000499 e. The first-order chi connectivity index (χ1) is 8.19. The summed E-state index contributed by atoms with van der Waals surface area (Å²) in [7, 11) is 0. The minimum absolute atomic E-state index is 0.470. The summed E-state index contributed by atoms with van der Waals surface area (Å²) in [5.74, 6) is 1.62. The number of benzene rings is 1. The molecule has 0 saturated heterocycles. The van der Waals surface area contributed by atoms with Crippen LogP contribution in [0.2, 0.25) is 0 Å². The van der Waals surface area contributed by atoms with Crippen molar-refractivity contribution in [3.05, 3.63) is 35.9 Å². The largest absolute Gasteiger partial charge is 0.317 e. The second-order valence-corrected chi connectivity index (χ2v) is 5.83. The highest BCUT2D eigenvalue weighted by molar-refractivity contribution is 5.34. The molecule has 0 aliphatic heterocycles. The van der Waals surface area contributed by atoms with Crippen molar-refractivity contribution in [2.24, 2.45) is 11.8 Å². The van der Waals surface area contributed by atoms with E-state index in [-0.39, 0.29) is 0 Å². The molecule has 1 nitrogen and oxygen atoms in total. The summed E-state index contributed by atoms with van der Waals surface area (Å²) in [4.78, 5) is 0.